The molecule has 0 heterocycles. The van der Waals surface area contributed by atoms with Gasteiger partial charge in [-0.05, 0) is 48.2 Å². The maximum atomic E-state index is 13.1. The molecule has 0 bridgehead atoms. The van der Waals surface area contributed by atoms with Crippen LogP contribution in [0.4, 0.5) is 4.39 Å². The molecule has 2 aromatic carbocycles. The molecule has 0 radical (unpaired) electrons. The third-order valence-corrected chi connectivity index (χ3v) is 4.03. The summed E-state index contributed by atoms with van der Waals surface area (Å²) < 4.78 is 18.4. The first-order chi connectivity index (χ1) is 12.1. The summed E-state index contributed by atoms with van der Waals surface area (Å²) in [6.07, 6.45) is 2.85. The third-order valence-electron chi connectivity index (χ3n) is 4.03. The van der Waals surface area contributed by atoms with Crippen LogP contribution in [0, 0.1) is 5.82 Å². The number of methoxy groups -OCH3 is 1. The van der Waals surface area contributed by atoms with E-state index in [1.165, 1.54) is 12.1 Å². The zero-order chi connectivity index (χ0) is 18.1. The van der Waals surface area contributed by atoms with Crippen LogP contribution >= 0.6 is 0 Å². The van der Waals surface area contributed by atoms with E-state index in [9.17, 15) is 9.50 Å². The van der Waals surface area contributed by atoms with Crippen LogP contribution < -0.4 is 4.74 Å². The lowest BCUT2D eigenvalue weighted by Crippen LogP contribution is -2.31. The highest BCUT2D eigenvalue weighted by Gasteiger charge is 2.13. The van der Waals surface area contributed by atoms with Crippen LogP contribution in [0.1, 0.15) is 24.0 Å². The second kappa shape index (κ2) is 9.97. The minimum atomic E-state index is -0.427. The molecule has 1 atom stereocenters. The second-order valence-corrected chi connectivity index (χ2v) is 6.17. The average Bonchev–Trinajstić information content (AvgIpc) is 2.62. The molecule has 0 fully saturated rings. The number of ether oxygens (including phenoxy) is 1. The van der Waals surface area contributed by atoms with E-state index in [1.807, 2.05) is 30.3 Å². The zero-order valence-corrected chi connectivity index (χ0v) is 14.7. The molecule has 1 unspecified atom stereocenters. The van der Waals surface area contributed by atoms with E-state index in [-0.39, 0.29) is 5.82 Å². The van der Waals surface area contributed by atoms with E-state index >= 15 is 0 Å². The van der Waals surface area contributed by atoms with Gasteiger partial charge in [0.1, 0.15) is 11.6 Å². The lowest BCUT2D eigenvalue weighted by Gasteiger charge is -2.25. The Morgan fingerprint density at radius 1 is 1.16 bits per heavy atom. The first-order valence-corrected chi connectivity index (χ1v) is 8.49. The second-order valence-electron chi connectivity index (χ2n) is 6.17. The molecule has 0 saturated heterocycles. The lowest BCUT2D eigenvalue weighted by molar-refractivity contribution is 0.0983. The van der Waals surface area contributed by atoms with Gasteiger partial charge in [-0.3, -0.25) is 4.90 Å². The van der Waals surface area contributed by atoms with Crippen LogP contribution in [0.25, 0.3) is 0 Å². The molecule has 0 aromatic heterocycles. The quantitative estimate of drug-likeness (QED) is 0.658. The van der Waals surface area contributed by atoms with Crippen LogP contribution in [-0.4, -0.2) is 29.8 Å². The minimum absolute atomic E-state index is 0.242. The van der Waals surface area contributed by atoms with Crippen molar-refractivity contribution in [2.75, 3.05) is 13.7 Å². The number of halogens is 1. The third kappa shape index (κ3) is 6.69. The Labute approximate surface area is 149 Å². The van der Waals surface area contributed by atoms with Gasteiger partial charge in [0.05, 0.1) is 13.2 Å². The highest BCUT2D eigenvalue weighted by Crippen LogP contribution is 2.17. The molecule has 0 aliphatic heterocycles. The number of aliphatic hydroxyl groups excluding tert-OH is 1. The van der Waals surface area contributed by atoms with E-state index in [4.69, 9.17) is 4.74 Å². The largest absolute Gasteiger partial charge is 0.497 e. The van der Waals surface area contributed by atoms with Crippen LogP contribution in [-0.2, 0) is 13.1 Å². The average molecular weight is 343 g/mol. The Kier molecular flexibility index (Phi) is 7.64. The van der Waals surface area contributed by atoms with Crippen LogP contribution in [0.2, 0.25) is 0 Å². The molecule has 3 nitrogen and oxygen atoms in total. The van der Waals surface area contributed by atoms with Crippen molar-refractivity contribution in [2.24, 2.45) is 0 Å². The molecular weight excluding hydrogens is 317 g/mol. The monoisotopic (exact) mass is 343 g/mol. The predicted octanol–water partition coefficient (Wildman–Crippen LogP) is 4.16. The fourth-order valence-electron chi connectivity index (χ4n) is 2.76. The standard InChI is InChI=1S/C21H26FNO2/c1-3-4-7-20(24)16-23(14-17-9-11-19(22)12-10-17)15-18-6-5-8-21(13-18)25-2/h3,5-6,8-13,20,24H,1,4,7,14-16H2,2H3. The predicted molar refractivity (Wildman–Crippen MR) is 98.9 cm³/mol. The fraction of sp³-hybridized carbons (Fsp3) is 0.333. The van der Waals surface area contributed by atoms with Gasteiger partial charge in [0, 0.05) is 19.6 Å². The summed E-state index contributed by atoms with van der Waals surface area (Å²) in [5.74, 6) is 0.570. The Bertz CT molecular complexity index is 657. The van der Waals surface area contributed by atoms with Crippen LogP contribution in [0.5, 0.6) is 5.75 Å². The number of aliphatic hydroxyl groups is 1. The number of benzene rings is 2. The Hall–Kier alpha value is -2.17. The summed E-state index contributed by atoms with van der Waals surface area (Å²) >= 11 is 0. The van der Waals surface area contributed by atoms with Gasteiger partial charge < -0.3 is 9.84 Å². The van der Waals surface area contributed by atoms with Crippen molar-refractivity contribution in [3.63, 3.8) is 0 Å². The maximum absolute atomic E-state index is 13.1. The summed E-state index contributed by atoms with van der Waals surface area (Å²) in [6, 6.07) is 14.4. The minimum Gasteiger partial charge on any atom is -0.497 e. The Morgan fingerprint density at radius 3 is 2.56 bits per heavy atom. The van der Waals surface area contributed by atoms with Gasteiger partial charge in [-0.2, -0.15) is 0 Å². The van der Waals surface area contributed by atoms with Crippen molar-refractivity contribution in [2.45, 2.75) is 32.0 Å². The molecule has 0 saturated carbocycles. The Balaban J connectivity index is 2.09. The number of rotatable bonds is 10. The molecule has 1 N–H and O–H groups in total. The summed E-state index contributed by atoms with van der Waals surface area (Å²) in [7, 11) is 1.65. The molecule has 134 valence electrons. The summed E-state index contributed by atoms with van der Waals surface area (Å²) in [4.78, 5) is 2.16. The molecule has 0 spiro atoms. The maximum Gasteiger partial charge on any atom is 0.123 e. The first kappa shape index (κ1) is 19.2. The van der Waals surface area contributed by atoms with Gasteiger partial charge in [0.15, 0.2) is 0 Å². The van der Waals surface area contributed by atoms with E-state index in [1.54, 1.807) is 19.2 Å². The molecule has 0 amide bonds. The number of allylic oxidation sites excluding steroid dienone is 1. The molecule has 0 aliphatic rings. The molecule has 4 heteroatoms. The van der Waals surface area contributed by atoms with Crippen molar-refractivity contribution in [3.8, 4) is 5.75 Å². The zero-order valence-electron chi connectivity index (χ0n) is 14.7. The van der Waals surface area contributed by atoms with Gasteiger partial charge in [-0.25, -0.2) is 4.39 Å². The highest BCUT2D eigenvalue weighted by atomic mass is 19.1. The molecule has 2 aromatic rings. The van der Waals surface area contributed by atoms with Gasteiger partial charge >= 0.3 is 0 Å². The van der Waals surface area contributed by atoms with Crippen molar-refractivity contribution in [1.82, 2.24) is 4.90 Å². The molecular formula is C21H26FNO2. The summed E-state index contributed by atoms with van der Waals surface area (Å²) in [5.41, 5.74) is 2.12. The van der Waals surface area contributed by atoms with Crippen molar-refractivity contribution in [1.29, 1.82) is 0 Å². The van der Waals surface area contributed by atoms with Gasteiger partial charge in [0.25, 0.3) is 0 Å². The Morgan fingerprint density at radius 2 is 1.88 bits per heavy atom. The normalized spacial score (nSPS) is 12.2. The number of hydrogen-bond donors (Lipinski definition) is 1. The van der Waals surface area contributed by atoms with Crippen LogP contribution in [0.15, 0.2) is 61.2 Å². The first-order valence-electron chi connectivity index (χ1n) is 8.49. The van der Waals surface area contributed by atoms with E-state index < -0.39 is 6.10 Å². The van der Waals surface area contributed by atoms with E-state index in [0.29, 0.717) is 26.1 Å². The molecule has 0 aliphatic carbocycles. The molecule has 2 rings (SSSR count). The summed E-state index contributed by atoms with van der Waals surface area (Å²) in [5, 5.41) is 10.3. The molecule has 25 heavy (non-hydrogen) atoms. The van der Waals surface area contributed by atoms with Gasteiger partial charge in [0.2, 0.25) is 0 Å². The van der Waals surface area contributed by atoms with Crippen molar-refractivity contribution < 1.29 is 14.2 Å². The SMILES string of the molecule is C=CCCC(O)CN(Cc1ccc(F)cc1)Cc1cccc(OC)c1. The van der Waals surface area contributed by atoms with Crippen LogP contribution in [0.3, 0.4) is 0 Å². The van der Waals surface area contributed by atoms with Gasteiger partial charge in [-0.15, -0.1) is 6.58 Å². The van der Waals surface area contributed by atoms with Gasteiger partial charge in [-0.1, -0.05) is 30.3 Å². The summed E-state index contributed by atoms with van der Waals surface area (Å²) in [6.45, 7) is 5.57. The van der Waals surface area contributed by atoms with Crippen molar-refractivity contribution in [3.05, 3.63) is 78.1 Å². The number of nitrogens with zero attached hydrogens (tertiary/aromatic N) is 1. The van der Waals surface area contributed by atoms with Crippen molar-refractivity contribution >= 4 is 0 Å². The number of hydrogen-bond acceptors (Lipinski definition) is 3. The lowest BCUT2D eigenvalue weighted by atomic mass is 10.1. The smallest absolute Gasteiger partial charge is 0.123 e. The topological polar surface area (TPSA) is 32.7 Å². The fourth-order valence-corrected chi connectivity index (χ4v) is 2.76. The van der Waals surface area contributed by atoms with E-state index in [2.05, 4.69) is 11.5 Å². The van der Waals surface area contributed by atoms with E-state index in [0.717, 1.165) is 23.3 Å². The highest BCUT2D eigenvalue weighted by molar-refractivity contribution is 5.28.